The number of aryl methyl sites for hydroxylation is 1. The zero-order chi connectivity index (χ0) is 26.2. The molecule has 0 saturated carbocycles. The van der Waals surface area contributed by atoms with E-state index in [0.29, 0.717) is 22.4 Å². The fourth-order valence-corrected chi connectivity index (χ4v) is 3.82. The van der Waals surface area contributed by atoms with Gasteiger partial charge in [0.05, 0.1) is 23.0 Å². The highest BCUT2D eigenvalue weighted by molar-refractivity contribution is 9.10. The van der Waals surface area contributed by atoms with Gasteiger partial charge >= 0.3 is 5.97 Å². The first-order valence-corrected chi connectivity index (χ1v) is 12.1. The van der Waals surface area contributed by atoms with Crippen LogP contribution in [0.4, 0.5) is 5.69 Å². The number of nitrogens with zero attached hydrogens (tertiary/aromatic N) is 1. The Balaban J connectivity index is 1.48. The Kier molecular flexibility index (Phi) is 8.22. The van der Waals surface area contributed by atoms with Gasteiger partial charge in [0, 0.05) is 15.6 Å². The van der Waals surface area contributed by atoms with Gasteiger partial charge in [-0.25, -0.2) is 10.2 Å². The van der Waals surface area contributed by atoms with Crippen LogP contribution < -0.4 is 15.5 Å². The van der Waals surface area contributed by atoms with Crippen molar-refractivity contribution in [2.45, 2.75) is 6.92 Å². The molecule has 2 amide bonds. The monoisotopic (exact) mass is 555 g/mol. The molecule has 0 aliphatic heterocycles. The Hall–Kier alpha value is -4.56. The van der Waals surface area contributed by atoms with E-state index in [0.717, 1.165) is 10.0 Å². The summed E-state index contributed by atoms with van der Waals surface area (Å²) < 4.78 is 6.32. The van der Waals surface area contributed by atoms with Crippen molar-refractivity contribution < 1.29 is 19.1 Å². The molecule has 0 bridgehead atoms. The van der Waals surface area contributed by atoms with Crippen molar-refractivity contribution in [2.75, 3.05) is 5.32 Å². The molecule has 2 N–H and O–H groups in total. The molecule has 37 heavy (non-hydrogen) atoms. The molecule has 4 aromatic rings. The van der Waals surface area contributed by atoms with Crippen LogP contribution in [0.2, 0.25) is 0 Å². The largest absolute Gasteiger partial charge is 0.422 e. The van der Waals surface area contributed by atoms with Gasteiger partial charge in [0.1, 0.15) is 5.75 Å². The highest BCUT2D eigenvalue weighted by Crippen LogP contribution is 2.23. The second kappa shape index (κ2) is 11.9. The van der Waals surface area contributed by atoms with Crippen LogP contribution in [0.25, 0.3) is 0 Å². The van der Waals surface area contributed by atoms with Crippen LogP contribution in [0.3, 0.4) is 0 Å². The number of amides is 2. The van der Waals surface area contributed by atoms with Gasteiger partial charge in [0.25, 0.3) is 11.8 Å². The second-order valence-corrected chi connectivity index (χ2v) is 8.92. The lowest BCUT2D eigenvalue weighted by Crippen LogP contribution is -2.21. The third-order valence-corrected chi connectivity index (χ3v) is 5.75. The summed E-state index contributed by atoms with van der Waals surface area (Å²) in [5.41, 5.74) is 5.36. The maximum Gasteiger partial charge on any atom is 0.343 e. The number of halogens is 1. The number of esters is 1. The Morgan fingerprint density at radius 3 is 2.32 bits per heavy atom. The van der Waals surface area contributed by atoms with E-state index in [1.54, 1.807) is 84.9 Å². The molecule has 0 radical (unpaired) electrons. The van der Waals surface area contributed by atoms with Crippen molar-refractivity contribution in [2.24, 2.45) is 5.10 Å². The van der Waals surface area contributed by atoms with Crippen LogP contribution in [-0.4, -0.2) is 24.0 Å². The van der Waals surface area contributed by atoms with Crippen molar-refractivity contribution in [1.82, 2.24) is 5.43 Å². The molecule has 8 heteroatoms. The first-order chi connectivity index (χ1) is 17.9. The number of hydrogen-bond donors (Lipinski definition) is 2. The van der Waals surface area contributed by atoms with Crippen LogP contribution in [0.1, 0.15) is 42.2 Å². The van der Waals surface area contributed by atoms with E-state index in [4.69, 9.17) is 4.74 Å². The highest BCUT2D eigenvalue weighted by atomic mass is 79.9. The Labute approximate surface area is 222 Å². The van der Waals surface area contributed by atoms with Gasteiger partial charge in [-0.3, -0.25) is 9.59 Å². The van der Waals surface area contributed by atoms with Gasteiger partial charge in [0.2, 0.25) is 0 Å². The van der Waals surface area contributed by atoms with Crippen LogP contribution in [0.5, 0.6) is 5.75 Å². The molecule has 0 spiro atoms. The molecule has 4 aromatic carbocycles. The Morgan fingerprint density at radius 2 is 1.54 bits per heavy atom. The lowest BCUT2D eigenvalue weighted by atomic mass is 10.1. The minimum atomic E-state index is -0.520. The second-order valence-electron chi connectivity index (χ2n) is 8.01. The summed E-state index contributed by atoms with van der Waals surface area (Å²) in [7, 11) is 0. The summed E-state index contributed by atoms with van der Waals surface area (Å²) in [4.78, 5) is 38.0. The van der Waals surface area contributed by atoms with Gasteiger partial charge in [-0.05, 0) is 61.5 Å². The number of para-hydroxylation sites is 1. The van der Waals surface area contributed by atoms with Crippen molar-refractivity contribution in [3.05, 3.63) is 129 Å². The first kappa shape index (κ1) is 25.5. The number of hydrogen-bond acceptors (Lipinski definition) is 5. The van der Waals surface area contributed by atoms with E-state index in [-0.39, 0.29) is 17.2 Å². The average molecular weight is 556 g/mol. The lowest BCUT2D eigenvalue weighted by Gasteiger charge is -2.10. The third kappa shape index (κ3) is 6.77. The van der Waals surface area contributed by atoms with Crippen LogP contribution in [-0.2, 0) is 0 Å². The minimum absolute atomic E-state index is 0.240. The van der Waals surface area contributed by atoms with Crippen LogP contribution in [0, 0.1) is 6.92 Å². The van der Waals surface area contributed by atoms with Gasteiger partial charge in [0.15, 0.2) is 0 Å². The molecule has 0 aromatic heterocycles. The molecule has 0 fully saturated rings. The standard InChI is InChI=1S/C29H22BrN3O4/c1-19-8-7-11-21(16-19)29(36)37-26-15-14-23(30)17-22(26)18-31-33-28(35)24-12-5-6-13-25(24)32-27(34)20-9-3-2-4-10-20/h2-18H,1H3,(H,32,34)(H,33,35)/b31-18-. The fourth-order valence-electron chi connectivity index (χ4n) is 3.44. The molecule has 184 valence electrons. The van der Waals surface area contributed by atoms with Gasteiger partial charge in [-0.2, -0.15) is 5.10 Å². The molecular formula is C29H22BrN3O4. The normalized spacial score (nSPS) is 10.6. The molecule has 0 aliphatic carbocycles. The average Bonchev–Trinajstić information content (AvgIpc) is 2.90. The predicted octanol–water partition coefficient (Wildman–Crippen LogP) is 5.99. The van der Waals surface area contributed by atoms with Crippen molar-refractivity contribution in [1.29, 1.82) is 0 Å². The molecule has 0 heterocycles. The zero-order valence-electron chi connectivity index (χ0n) is 19.8. The van der Waals surface area contributed by atoms with E-state index in [2.05, 4.69) is 31.8 Å². The number of hydrazone groups is 1. The van der Waals surface area contributed by atoms with E-state index < -0.39 is 11.9 Å². The molecular weight excluding hydrogens is 534 g/mol. The fraction of sp³-hybridized carbons (Fsp3) is 0.0345. The van der Waals surface area contributed by atoms with Crippen LogP contribution in [0.15, 0.2) is 107 Å². The Bertz CT molecular complexity index is 1490. The van der Waals surface area contributed by atoms with Crippen LogP contribution >= 0.6 is 15.9 Å². The third-order valence-electron chi connectivity index (χ3n) is 5.25. The van der Waals surface area contributed by atoms with E-state index in [1.807, 2.05) is 19.1 Å². The summed E-state index contributed by atoms with van der Waals surface area (Å²) in [5.74, 6) is -1.08. The van der Waals surface area contributed by atoms with E-state index in [9.17, 15) is 14.4 Å². The van der Waals surface area contributed by atoms with E-state index in [1.165, 1.54) is 6.21 Å². The number of ether oxygens (including phenoxy) is 1. The molecule has 0 aliphatic rings. The summed E-state index contributed by atoms with van der Waals surface area (Å²) in [6.45, 7) is 1.89. The minimum Gasteiger partial charge on any atom is -0.422 e. The van der Waals surface area contributed by atoms with Crippen molar-refractivity contribution >= 4 is 45.6 Å². The topological polar surface area (TPSA) is 96.9 Å². The van der Waals surface area contributed by atoms with Gasteiger partial charge in [-0.1, -0.05) is 64.0 Å². The number of nitrogens with one attached hydrogen (secondary N) is 2. The van der Waals surface area contributed by atoms with Gasteiger partial charge < -0.3 is 10.1 Å². The number of rotatable bonds is 7. The van der Waals surface area contributed by atoms with Crippen molar-refractivity contribution in [3.8, 4) is 5.75 Å². The Morgan fingerprint density at radius 1 is 0.811 bits per heavy atom. The molecule has 0 unspecified atom stereocenters. The summed E-state index contributed by atoms with van der Waals surface area (Å²) in [6, 6.07) is 27.5. The van der Waals surface area contributed by atoms with E-state index >= 15 is 0 Å². The maximum absolute atomic E-state index is 12.8. The lowest BCUT2D eigenvalue weighted by molar-refractivity contribution is 0.0733. The molecule has 7 nitrogen and oxygen atoms in total. The van der Waals surface area contributed by atoms with Crippen molar-refractivity contribution in [3.63, 3.8) is 0 Å². The number of anilines is 1. The smallest absolute Gasteiger partial charge is 0.343 e. The number of carbonyl (C=O) groups is 3. The number of carbonyl (C=O) groups excluding carboxylic acids is 3. The zero-order valence-corrected chi connectivity index (χ0v) is 21.4. The summed E-state index contributed by atoms with van der Waals surface area (Å²) >= 11 is 3.40. The predicted molar refractivity (Wildman–Crippen MR) is 146 cm³/mol. The highest BCUT2D eigenvalue weighted by Gasteiger charge is 2.15. The summed E-state index contributed by atoms with van der Waals surface area (Å²) in [6.07, 6.45) is 1.38. The number of benzene rings is 4. The summed E-state index contributed by atoms with van der Waals surface area (Å²) in [5, 5.41) is 6.80. The SMILES string of the molecule is Cc1cccc(C(=O)Oc2ccc(Br)cc2/C=N\NC(=O)c2ccccc2NC(=O)c2ccccc2)c1. The first-order valence-electron chi connectivity index (χ1n) is 11.3. The van der Waals surface area contributed by atoms with Gasteiger partial charge in [-0.15, -0.1) is 0 Å². The maximum atomic E-state index is 12.8. The molecule has 0 atom stereocenters. The quantitative estimate of drug-likeness (QED) is 0.126. The molecule has 0 saturated heterocycles. The molecule has 4 rings (SSSR count).